The summed E-state index contributed by atoms with van der Waals surface area (Å²) in [7, 11) is 0. The van der Waals surface area contributed by atoms with Gasteiger partial charge in [0.15, 0.2) is 5.82 Å². The second-order valence-electron chi connectivity index (χ2n) is 8.63. The lowest BCUT2D eigenvalue weighted by Gasteiger charge is -2.17. The van der Waals surface area contributed by atoms with E-state index in [1.165, 1.54) is 26.2 Å². The number of ether oxygens (including phenoxy) is 1. The normalized spacial score (nSPS) is 12.8. The summed E-state index contributed by atoms with van der Waals surface area (Å²) in [6, 6.07) is 15.0. The fourth-order valence-corrected chi connectivity index (χ4v) is 3.80. The molecule has 0 saturated heterocycles. The Balaban J connectivity index is 1.74. The fraction of sp³-hybridized carbons (Fsp3) is 0.393. The number of hydrogen-bond acceptors (Lipinski definition) is 4. The van der Waals surface area contributed by atoms with Gasteiger partial charge in [-0.05, 0) is 55.0 Å². The van der Waals surface area contributed by atoms with Crippen molar-refractivity contribution in [2.24, 2.45) is 0 Å². The number of alkyl halides is 1. The molecule has 1 heterocycles. The quantitative estimate of drug-likeness (QED) is 0.175. The molecule has 0 radical (unpaired) electrons. The Morgan fingerprint density at radius 2 is 1.58 bits per heavy atom. The van der Waals surface area contributed by atoms with Crippen molar-refractivity contribution in [3.63, 3.8) is 0 Å². The minimum atomic E-state index is -1.99. The van der Waals surface area contributed by atoms with Crippen LogP contribution in [0.3, 0.4) is 0 Å². The molecule has 174 valence electrons. The van der Waals surface area contributed by atoms with Gasteiger partial charge in [-0.15, -0.1) is 0 Å². The molecule has 1 aromatic heterocycles. The summed E-state index contributed by atoms with van der Waals surface area (Å²) in [5, 5.41) is 0. The number of aromatic nitrogens is 2. The summed E-state index contributed by atoms with van der Waals surface area (Å²) in [6.45, 7) is 5.31. The number of aryl methyl sites for hydroxylation is 1. The Morgan fingerprint density at radius 3 is 2.21 bits per heavy atom. The highest BCUT2D eigenvalue weighted by Gasteiger charge is 2.34. The molecule has 4 nitrogen and oxygen atoms in total. The molecule has 3 rings (SSSR count). The van der Waals surface area contributed by atoms with E-state index in [1.54, 1.807) is 12.1 Å². The molecule has 0 N–H and O–H groups in total. The second kappa shape index (κ2) is 11.7. The molecular weight excluding hydrogens is 415 g/mol. The third-order valence-corrected chi connectivity index (χ3v) is 5.71. The number of esters is 1. The van der Waals surface area contributed by atoms with Gasteiger partial charge in [0, 0.05) is 18.0 Å². The molecule has 0 aliphatic heterocycles. The van der Waals surface area contributed by atoms with E-state index in [4.69, 9.17) is 4.74 Å². The van der Waals surface area contributed by atoms with Crippen molar-refractivity contribution < 1.29 is 13.9 Å². The molecule has 0 aliphatic rings. The average Bonchev–Trinajstić information content (AvgIpc) is 2.83. The monoisotopic (exact) mass is 448 g/mol. The number of nitrogens with zero attached hydrogens (tertiary/aromatic N) is 2. The number of carbonyl (C=O) groups is 1. The van der Waals surface area contributed by atoms with Crippen molar-refractivity contribution in [3.8, 4) is 28.3 Å². The van der Waals surface area contributed by atoms with Crippen LogP contribution in [0.5, 0.6) is 5.75 Å². The van der Waals surface area contributed by atoms with E-state index in [0.717, 1.165) is 35.1 Å². The molecule has 0 amide bonds. The van der Waals surface area contributed by atoms with Crippen LogP contribution < -0.4 is 4.74 Å². The van der Waals surface area contributed by atoms with Crippen LogP contribution in [0.4, 0.5) is 4.39 Å². The zero-order chi connectivity index (χ0) is 23.7. The van der Waals surface area contributed by atoms with E-state index in [2.05, 4.69) is 16.9 Å². The van der Waals surface area contributed by atoms with E-state index < -0.39 is 11.6 Å². The third-order valence-electron chi connectivity index (χ3n) is 5.71. The van der Waals surface area contributed by atoms with Gasteiger partial charge in [0.05, 0.1) is 0 Å². The van der Waals surface area contributed by atoms with Gasteiger partial charge >= 0.3 is 5.97 Å². The van der Waals surface area contributed by atoms with Gasteiger partial charge in [-0.3, -0.25) is 0 Å². The summed E-state index contributed by atoms with van der Waals surface area (Å²) in [5.74, 6) is 0.136. The molecule has 1 atom stereocenters. The van der Waals surface area contributed by atoms with E-state index in [0.29, 0.717) is 18.0 Å². The van der Waals surface area contributed by atoms with Crippen LogP contribution in [0.25, 0.3) is 22.5 Å². The predicted molar refractivity (Wildman–Crippen MR) is 131 cm³/mol. The Morgan fingerprint density at radius 1 is 0.909 bits per heavy atom. The first-order valence-corrected chi connectivity index (χ1v) is 11.9. The van der Waals surface area contributed by atoms with Gasteiger partial charge in [-0.25, -0.2) is 19.2 Å². The van der Waals surface area contributed by atoms with Crippen molar-refractivity contribution >= 4 is 5.97 Å². The molecule has 2 aromatic carbocycles. The third kappa shape index (κ3) is 6.70. The first-order valence-electron chi connectivity index (χ1n) is 11.9. The van der Waals surface area contributed by atoms with Gasteiger partial charge in [0.25, 0.3) is 0 Å². The van der Waals surface area contributed by atoms with Gasteiger partial charge in [-0.1, -0.05) is 75.9 Å². The molecule has 3 aromatic rings. The van der Waals surface area contributed by atoms with E-state index >= 15 is 0 Å². The van der Waals surface area contributed by atoms with Crippen LogP contribution in [0, 0.1) is 0 Å². The smallest absolute Gasteiger partial charge is 0.348 e. The number of rotatable bonds is 11. The first-order chi connectivity index (χ1) is 15.9. The molecule has 0 bridgehead atoms. The van der Waals surface area contributed by atoms with Crippen molar-refractivity contribution in [2.75, 3.05) is 0 Å². The zero-order valence-electron chi connectivity index (χ0n) is 19.8. The van der Waals surface area contributed by atoms with Crippen molar-refractivity contribution in [2.45, 2.75) is 71.4 Å². The molecular formula is C28H33FN2O2. The summed E-state index contributed by atoms with van der Waals surface area (Å²) < 4.78 is 19.7. The SMILES string of the molecule is CCCCCCc1cnc(-c2ccccc2-c2ccc(OC(=O)C(C)(F)CCC)cc2)nc1. The maximum absolute atomic E-state index is 14.4. The Labute approximate surface area is 196 Å². The van der Waals surface area contributed by atoms with Gasteiger partial charge in [0.1, 0.15) is 5.75 Å². The van der Waals surface area contributed by atoms with Gasteiger partial charge in [0.2, 0.25) is 5.67 Å². The molecule has 0 spiro atoms. The lowest BCUT2D eigenvalue weighted by atomic mass is 9.99. The van der Waals surface area contributed by atoms with Crippen molar-refractivity contribution in [3.05, 3.63) is 66.5 Å². The maximum atomic E-state index is 14.4. The summed E-state index contributed by atoms with van der Waals surface area (Å²) in [5.41, 5.74) is 2.02. The number of halogens is 1. The number of hydrogen-bond donors (Lipinski definition) is 0. The topological polar surface area (TPSA) is 52.1 Å². The van der Waals surface area contributed by atoms with Crippen LogP contribution in [0.1, 0.15) is 64.9 Å². The summed E-state index contributed by atoms with van der Waals surface area (Å²) in [6.07, 6.45) is 10.4. The van der Waals surface area contributed by atoms with Crippen molar-refractivity contribution in [1.82, 2.24) is 9.97 Å². The summed E-state index contributed by atoms with van der Waals surface area (Å²) >= 11 is 0. The second-order valence-corrected chi connectivity index (χ2v) is 8.63. The lowest BCUT2D eigenvalue weighted by Crippen LogP contribution is -2.34. The Bertz CT molecular complexity index is 1030. The molecule has 0 saturated carbocycles. The number of benzene rings is 2. The van der Waals surface area contributed by atoms with E-state index in [1.807, 2.05) is 55.7 Å². The number of carbonyl (C=O) groups excluding carboxylic acids is 1. The van der Waals surface area contributed by atoms with Gasteiger partial charge < -0.3 is 4.74 Å². The molecule has 5 heteroatoms. The fourth-order valence-electron chi connectivity index (χ4n) is 3.80. The molecule has 0 fully saturated rings. The molecule has 1 unspecified atom stereocenters. The van der Waals surface area contributed by atoms with Gasteiger partial charge in [-0.2, -0.15) is 0 Å². The van der Waals surface area contributed by atoms with E-state index in [9.17, 15) is 9.18 Å². The standard InChI is InChI=1S/C28H33FN2O2/c1-4-6-7-8-11-21-19-30-26(31-20-21)25-13-10-9-12-24(25)22-14-16-23(17-15-22)33-27(32)28(3,29)18-5-2/h9-10,12-17,19-20H,4-8,11,18H2,1-3H3. The average molecular weight is 449 g/mol. The molecule has 33 heavy (non-hydrogen) atoms. The van der Waals surface area contributed by atoms with Crippen LogP contribution >= 0.6 is 0 Å². The van der Waals surface area contributed by atoms with Crippen molar-refractivity contribution in [1.29, 1.82) is 0 Å². The zero-order valence-corrected chi connectivity index (χ0v) is 19.8. The maximum Gasteiger partial charge on any atom is 0.348 e. The molecule has 0 aliphatic carbocycles. The lowest BCUT2D eigenvalue weighted by molar-refractivity contribution is -0.147. The highest BCUT2D eigenvalue weighted by Crippen LogP contribution is 2.31. The Kier molecular flexibility index (Phi) is 8.70. The largest absolute Gasteiger partial charge is 0.424 e. The predicted octanol–water partition coefficient (Wildman–Crippen LogP) is 7.37. The minimum Gasteiger partial charge on any atom is -0.424 e. The minimum absolute atomic E-state index is 0.134. The van der Waals surface area contributed by atoms with Crippen LogP contribution in [-0.4, -0.2) is 21.6 Å². The highest BCUT2D eigenvalue weighted by molar-refractivity contribution is 5.82. The Hall–Kier alpha value is -3.08. The van der Waals surface area contributed by atoms with Crippen LogP contribution in [0.2, 0.25) is 0 Å². The first kappa shape index (κ1) is 24.6. The van der Waals surface area contributed by atoms with Crippen LogP contribution in [-0.2, 0) is 11.2 Å². The summed E-state index contributed by atoms with van der Waals surface area (Å²) in [4.78, 5) is 21.4. The van der Waals surface area contributed by atoms with Crippen LogP contribution in [0.15, 0.2) is 60.9 Å². The number of unbranched alkanes of at least 4 members (excludes halogenated alkanes) is 3. The van der Waals surface area contributed by atoms with E-state index in [-0.39, 0.29) is 6.42 Å². The highest BCUT2D eigenvalue weighted by atomic mass is 19.1.